The molecule has 0 aromatic carbocycles. The lowest BCUT2D eigenvalue weighted by Gasteiger charge is -2.23. The third kappa shape index (κ3) is 4.13. The molecule has 0 heterocycles. The summed E-state index contributed by atoms with van der Waals surface area (Å²) in [6, 6.07) is 0. The van der Waals surface area contributed by atoms with Gasteiger partial charge in [-0.15, -0.1) is 0 Å². The lowest BCUT2D eigenvalue weighted by Crippen LogP contribution is -2.13. The van der Waals surface area contributed by atoms with Crippen molar-refractivity contribution in [1.82, 2.24) is 0 Å². The van der Waals surface area contributed by atoms with Gasteiger partial charge in [-0.3, -0.25) is 0 Å². The Morgan fingerprint density at radius 1 is 0.833 bits per heavy atom. The van der Waals surface area contributed by atoms with Gasteiger partial charge in [0.15, 0.2) is 0 Å². The van der Waals surface area contributed by atoms with E-state index in [1.165, 1.54) is 25.7 Å². The minimum atomic E-state index is 0.917. The van der Waals surface area contributed by atoms with Gasteiger partial charge in [-0.1, -0.05) is 53.9 Å². The van der Waals surface area contributed by atoms with E-state index in [-0.39, 0.29) is 0 Å². The van der Waals surface area contributed by atoms with Gasteiger partial charge in [-0.05, 0) is 24.2 Å². The minimum Gasteiger partial charge on any atom is -0.0651 e. The molecular weight excluding hydrogens is 144 g/mol. The van der Waals surface area contributed by atoms with E-state index < -0.39 is 0 Å². The topological polar surface area (TPSA) is 0 Å². The molecule has 0 spiro atoms. The van der Waals surface area contributed by atoms with Crippen LogP contribution in [0, 0.1) is 17.8 Å². The van der Waals surface area contributed by atoms with Crippen molar-refractivity contribution < 1.29 is 0 Å². The van der Waals surface area contributed by atoms with E-state index in [0.29, 0.717) is 0 Å². The van der Waals surface area contributed by atoms with Crippen LogP contribution in [0.2, 0.25) is 0 Å². The molecule has 0 N–H and O–H groups in total. The molecule has 0 bridgehead atoms. The zero-order valence-electron chi connectivity index (χ0n) is 9.56. The van der Waals surface area contributed by atoms with E-state index >= 15 is 0 Å². The highest BCUT2D eigenvalue weighted by Crippen LogP contribution is 2.26. The van der Waals surface area contributed by atoms with Crippen molar-refractivity contribution in [2.24, 2.45) is 17.8 Å². The van der Waals surface area contributed by atoms with E-state index in [9.17, 15) is 0 Å². The van der Waals surface area contributed by atoms with Crippen molar-refractivity contribution in [1.29, 1.82) is 0 Å². The van der Waals surface area contributed by atoms with Gasteiger partial charge in [-0.2, -0.15) is 0 Å². The lowest BCUT2D eigenvalue weighted by atomic mass is 9.83. The third-order valence-corrected chi connectivity index (χ3v) is 3.32. The normalized spacial score (nSPS) is 16.5. The summed E-state index contributed by atoms with van der Waals surface area (Å²) in [6.07, 6.45) is 5.47. The monoisotopic (exact) mass is 170 g/mol. The first-order chi connectivity index (χ1) is 5.65. The molecule has 0 aromatic rings. The number of rotatable bonds is 6. The smallest absolute Gasteiger partial charge is 0.0394 e. The second-order valence-corrected chi connectivity index (χ2v) is 4.30. The second kappa shape index (κ2) is 6.51. The fourth-order valence-corrected chi connectivity index (χ4v) is 2.09. The fraction of sp³-hybridized carbons (Fsp3) is 1.00. The summed E-state index contributed by atoms with van der Waals surface area (Å²) in [5, 5.41) is 0. The molecule has 0 aromatic heterocycles. The average molecular weight is 170 g/mol. The van der Waals surface area contributed by atoms with Gasteiger partial charge in [0.05, 0.1) is 0 Å². The first-order valence-corrected chi connectivity index (χ1v) is 5.65. The Balaban J connectivity index is 3.75. The van der Waals surface area contributed by atoms with Crippen molar-refractivity contribution in [2.75, 3.05) is 0 Å². The first-order valence-electron chi connectivity index (χ1n) is 5.65. The molecule has 0 amide bonds. The van der Waals surface area contributed by atoms with E-state index in [4.69, 9.17) is 0 Å². The highest BCUT2D eigenvalue weighted by Gasteiger charge is 2.15. The van der Waals surface area contributed by atoms with Gasteiger partial charge >= 0.3 is 0 Å². The predicted octanol–water partition coefficient (Wildman–Crippen LogP) is 4.49. The Hall–Kier alpha value is 0. The predicted molar refractivity (Wildman–Crippen MR) is 57.3 cm³/mol. The van der Waals surface area contributed by atoms with Crippen LogP contribution in [0.3, 0.4) is 0 Å². The molecule has 0 aliphatic heterocycles. The summed E-state index contributed by atoms with van der Waals surface area (Å²) < 4.78 is 0. The first kappa shape index (κ1) is 12.0. The van der Waals surface area contributed by atoms with Crippen molar-refractivity contribution >= 4 is 0 Å². The van der Waals surface area contributed by atoms with Gasteiger partial charge < -0.3 is 0 Å². The van der Waals surface area contributed by atoms with Crippen molar-refractivity contribution in [3.05, 3.63) is 0 Å². The highest BCUT2D eigenvalue weighted by atomic mass is 14.2. The maximum Gasteiger partial charge on any atom is -0.0394 e. The van der Waals surface area contributed by atoms with Crippen LogP contribution in [-0.4, -0.2) is 0 Å². The van der Waals surface area contributed by atoms with E-state index in [1.807, 2.05) is 0 Å². The Bertz CT molecular complexity index is 92.2. The number of hydrogen-bond donors (Lipinski definition) is 0. The maximum absolute atomic E-state index is 2.42. The molecule has 0 radical (unpaired) electrons. The van der Waals surface area contributed by atoms with Crippen LogP contribution in [0.1, 0.15) is 60.3 Å². The summed E-state index contributed by atoms with van der Waals surface area (Å²) in [5.74, 6) is 2.80. The Kier molecular flexibility index (Phi) is 6.51. The molecule has 0 rings (SSSR count). The largest absolute Gasteiger partial charge is 0.0651 e. The van der Waals surface area contributed by atoms with Crippen LogP contribution >= 0.6 is 0 Å². The Morgan fingerprint density at radius 3 is 1.67 bits per heavy atom. The molecule has 0 saturated heterocycles. The zero-order chi connectivity index (χ0) is 9.56. The van der Waals surface area contributed by atoms with Crippen LogP contribution in [0.4, 0.5) is 0 Å². The molecule has 2 unspecified atom stereocenters. The van der Waals surface area contributed by atoms with E-state index in [1.54, 1.807) is 0 Å². The Morgan fingerprint density at radius 2 is 1.33 bits per heavy atom. The molecular formula is C12H26. The molecule has 12 heavy (non-hydrogen) atoms. The standard InChI is InChI=1S/C12H26/c1-6-10(4)9-11(5)12(7-2)8-3/h10-12H,6-9H2,1-5H3. The molecule has 74 valence electrons. The molecule has 2 atom stereocenters. The van der Waals surface area contributed by atoms with Crippen LogP contribution in [-0.2, 0) is 0 Å². The maximum atomic E-state index is 2.42. The fourth-order valence-electron chi connectivity index (χ4n) is 2.09. The Labute approximate surface area is 78.8 Å². The second-order valence-electron chi connectivity index (χ2n) is 4.30. The molecule has 0 fully saturated rings. The van der Waals surface area contributed by atoms with Gasteiger partial charge in [0.25, 0.3) is 0 Å². The van der Waals surface area contributed by atoms with Crippen LogP contribution in [0.25, 0.3) is 0 Å². The molecule has 0 saturated carbocycles. The van der Waals surface area contributed by atoms with Crippen LogP contribution in [0.15, 0.2) is 0 Å². The number of hydrogen-bond acceptors (Lipinski definition) is 0. The van der Waals surface area contributed by atoms with Crippen molar-refractivity contribution in [3.8, 4) is 0 Å². The van der Waals surface area contributed by atoms with E-state index in [2.05, 4.69) is 34.6 Å². The van der Waals surface area contributed by atoms with Crippen molar-refractivity contribution in [3.63, 3.8) is 0 Å². The molecule has 0 aliphatic carbocycles. The van der Waals surface area contributed by atoms with Gasteiger partial charge in [0, 0.05) is 0 Å². The summed E-state index contributed by atoms with van der Waals surface area (Å²) >= 11 is 0. The van der Waals surface area contributed by atoms with Gasteiger partial charge in [0.2, 0.25) is 0 Å². The molecule has 0 heteroatoms. The van der Waals surface area contributed by atoms with Crippen LogP contribution in [0.5, 0.6) is 0 Å². The van der Waals surface area contributed by atoms with Gasteiger partial charge in [-0.25, -0.2) is 0 Å². The average Bonchev–Trinajstić information content (AvgIpc) is 2.06. The molecule has 0 nitrogen and oxygen atoms in total. The molecule has 0 aliphatic rings. The summed E-state index contributed by atoms with van der Waals surface area (Å²) in [6.45, 7) is 11.7. The minimum absolute atomic E-state index is 0.917. The van der Waals surface area contributed by atoms with E-state index in [0.717, 1.165) is 17.8 Å². The highest BCUT2D eigenvalue weighted by molar-refractivity contribution is 4.66. The van der Waals surface area contributed by atoms with Crippen LogP contribution < -0.4 is 0 Å². The SMILES string of the molecule is CCC(C)CC(C)C(CC)CC. The quantitative estimate of drug-likeness (QED) is 0.551. The lowest BCUT2D eigenvalue weighted by molar-refractivity contribution is 0.277. The zero-order valence-corrected chi connectivity index (χ0v) is 9.56. The van der Waals surface area contributed by atoms with Crippen molar-refractivity contribution in [2.45, 2.75) is 60.3 Å². The summed E-state index contributed by atoms with van der Waals surface area (Å²) in [5.41, 5.74) is 0. The van der Waals surface area contributed by atoms with Gasteiger partial charge in [0.1, 0.15) is 0 Å². The summed E-state index contributed by atoms with van der Waals surface area (Å²) in [7, 11) is 0. The third-order valence-electron chi connectivity index (χ3n) is 3.32. The summed E-state index contributed by atoms with van der Waals surface area (Å²) in [4.78, 5) is 0.